The molecule has 0 unspecified atom stereocenters. The van der Waals surface area contributed by atoms with E-state index in [4.69, 9.17) is 15.0 Å². The van der Waals surface area contributed by atoms with Gasteiger partial charge >= 0.3 is 0 Å². The number of hydrogen-bond acceptors (Lipinski definition) is 4. The highest BCUT2D eigenvalue weighted by atomic mass is 15.1. The van der Waals surface area contributed by atoms with E-state index in [1.165, 1.54) is 38.4 Å². The van der Waals surface area contributed by atoms with Crippen LogP contribution in [-0.2, 0) is 11.8 Å². The van der Waals surface area contributed by atoms with E-state index in [1.54, 1.807) is 0 Å². The Hall–Kier alpha value is -5.94. The minimum absolute atomic E-state index is 0.00134. The van der Waals surface area contributed by atoms with Gasteiger partial charge in [0.05, 0.1) is 28.8 Å². The number of benzene rings is 3. The summed E-state index contributed by atoms with van der Waals surface area (Å²) in [6.45, 7) is 7.00. The molecule has 5 nitrogen and oxygen atoms in total. The molecule has 0 aliphatic heterocycles. The van der Waals surface area contributed by atoms with Gasteiger partial charge in [-0.3, -0.25) is 14.5 Å². The maximum absolute atomic E-state index is 5.41. The van der Waals surface area contributed by atoms with E-state index in [9.17, 15) is 0 Å². The van der Waals surface area contributed by atoms with Crippen molar-refractivity contribution in [2.75, 3.05) is 0 Å². The van der Waals surface area contributed by atoms with Gasteiger partial charge in [-0.25, -0.2) is 9.97 Å². The molecule has 8 aromatic rings. The molecule has 0 N–H and O–H groups in total. The van der Waals surface area contributed by atoms with E-state index in [0.717, 1.165) is 63.2 Å². The second-order valence-corrected chi connectivity index (χ2v) is 13.9. The van der Waals surface area contributed by atoms with E-state index >= 15 is 0 Å². The summed E-state index contributed by atoms with van der Waals surface area (Å²) < 4.78 is 2.22. The Balaban J connectivity index is 1.31. The molecule has 1 aliphatic carbocycles. The SMILES string of the molecule is CC(C)(C)c1c2c(c(-c3cc(-c4cncc(-n5c6ccccc6c6cccnc65)c4)cc(-c4ccncc4)n3)c3ccccc13)C=CCC2. The topological polar surface area (TPSA) is 56.5 Å². The zero-order valence-electron chi connectivity index (χ0n) is 27.9. The van der Waals surface area contributed by atoms with Crippen LogP contribution in [0.2, 0.25) is 0 Å². The molecular formula is C44H35N5. The Morgan fingerprint density at radius 1 is 0.653 bits per heavy atom. The lowest BCUT2D eigenvalue weighted by molar-refractivity contribution is 0.587. The van der Waals surface area contributed by atoms with Crippen molar-refractivity contribution in [3.63, 3.8) is 0 Å². The fourth-order valence-corrected chi connectivity index (χ4v) is 7.78. The van der Waals surface area contributed by atoms with Crippen LogP contribution < -0.4 is 0 Å². The molecule has 0 amide bonds. The predicted molar refractivity (Wildman–Crippen MR) is 202 cm³/mol. The van der Waals surface area contributed by atoms with E-state index in [1.807, 2.05) is 49.2 Å². The van der Waals surface area contributed by atoms with Crippen LogP contribution >= 0.6 is 0 Å². The number of aromatic nitrogens is 5. The van der Waals surface area contributed by atoms with Crippen molar-refractivity contribution in [2.24, 2.45) is 0 Å². The van der Waals surface area contributed by atoms with Gasteiger partial charge in [0.15, 0.2) is 0 Å². The molecule has 9 rings (SSSR count). The normalized spacial score (nSPS) is 13.0. The number of allylic oxidation sites excluding steroid dienone is 1. The summed E-state index contributed by atoms with van der Waals surface area (Å²) in [5.41, 5.74) is 13.3. The van der Waals surface area contributed by atoms with Gasteiger partial charge in [0, 0.05) is 52.3 Å². The van der Waals surface area contributed by atoms with Crippen LogP contribution in [0.1, 0.15) is 43.9 Å². The third-order valence-corrected chi connectivity index (χ3v) is 9.76. The van der Waals surface area contributed by atoms with Gasteiger partial charge in [-0.05, 0) is 99.8 Å². The summed E-state index contributed by atoms with van der Waals surface area (Å²) in [5, 5.41) is 4.83. The molecule has 0 radical (unpaired) electrons. The van der Waals surface area contributed by atoms with Gasteiger partial charge in [0.2, 0.25) is 0 Å². The molecule has 0 saturated heterocycles. The number of fused-ring (bicyclic) bond motifs is 5. The molecular weight excluding hydrogens is 599 g/mol. The highest BCUT2D eigenvalue weighted by molar-refractivity contribution is 6.08. The van der Waals surface area contributed by atoms with Crippen LogP contribution in [0.25, 0.3) is 78.1 Å². The van der Waals surface area contributed by atoms with Crippen molar-refractivity contribution in [3.05, 3.63) is 145 Å². The van der Waals surface area contributed by atoms with Crippen molar-refractivity contribution in [2.45, 2.75) is 39.0 Å². The molecule has 0 saturated carbocycles. The summed E-state index contributed by atoms with van der Waals surface area (Å²) in [6.07, 6.45) is 16.1. The first kappa shape index (κ1) is 29.2. The molecule has 5 heteroatoms. The monoisotopic (exact) mass is 633 g/mol. The maximum atomic E-state index is 5.41. The average Bonchev–Trinajstić information content (AvgIpc) is 3.48. The molecule has 0 spiro atoms. The molecule has 0 fully saturated rings. The van der Waals surface area contributed by atoms with Crippen LogP contribution in [-0.4, -0.2) is 24.5 Å². The summed E-state index contributed by atoms with van der Waals surface area (Å²) in [6, 6.07) is 32.2. The van der Waals surface area contributed by atoms with Crippen LogP contribution in [0.4, 0.5) is 0 Å². The van der Waals surface area contributed by atoms with Crippen LogP contribution in [0.3, 0.4) is 0 Å². The predicted octanol–water partition coefficient (Wildman–Crippen LogP) is 10.8. The second-order valence-electron chi connectivity index (χ2n) is 13.9. The van der Waals surface area contributed by atoms with E-state index < -0.39 is 0 Å². The van der Waals surface area contributed by atoms with Crippen LogP contribution in [0.5, 0.6) is 0 Å². The highest BCUT2D eigenvalue weighted by Gasteiger charge is 2.28. The van der Waals surface area contributed by atoms with Crippen molar-refractivity contribution in [1.29, 1.82) is 0 Å². The van der Waals surface area contributed by atoms with Crippen LogP contribution in [0, 0.1) is 0 Å². The lowest BCUT2D eigenvalue weighted by Crippen LogP contribution is -2.18. The molecule has 5 heterocycles. The van der Waals surface area contributed by atoms with Crippen LogP contribution in [0.15, 0.2) is 128 Å². The first-order valence-electron chi connectivity index (χ1n) is 16.9. The van der Waals surface area contributed by atoms with Crippen molar-refractivity contribution >= 4 is 38.8 Å². The fraction of sp³-hybridized carbons (Fsp3) is 0.136. The molecule has 0 atom stereocenters. The van der Waals surface area contributed by atoms with E-state index in [2.05, 4.69) is 115 Å². The standard InChI is InChI=1S/C44H35N5/c1-44(2,3)42-35-14-6-4-12-33(35)41(34-13-5-7-15-36(34)42)39-25-29(24-38(48-39)28-18-21-45-22-19-28)30-23-31(27-46-26-30)49-40-17-9-8-11-32(40)37-16-10-20-47-43(37)49/h4-6,8-14,16-27H,7,15H2,1-3H3. The fourth-order valence-electron chi connectivity index (χ4n) is 7.78. The summed E-state index contributed by atoms with van der Waals surface area (Å²) >= 11 is 0. The van der Waals surface area contributed by atoms with E-state index in [-0.39, 0.29) is 5.41 Å². The van der Waals surface area contributed by atoms with Gasteiger partial charge in [0.1, 0.15) is 5.65 Å². The molecule has 0 bridgehead atoms. The Kier molecular flexibility index (Phi) is 6.76. The van der Waals surface area contributed by atoms with Crippen molar-refractivity contribution < 1.29 is 0 Å². The number of rotatable bonds is 4. The lowest BCUT2D eigenvalue weighted by Gasteiger charge is -2.30. The number of nitrogens with zero attached hydrogens (tertiary/aromatic N) is 5. The molecule has 5 aromatic heterocycles. The summed E-state index contributed by atoms with van der Waals surface area (Å²) in [5.74, 6) is 0. The number of para-hydroxylation sites is 1. The van der Waals surface area contributed by atoms with Gasteiger partial charge in [0.25, 0.3) is 0 Å². The first-order valence-corrected chi connectivity index (χ1v) is 16.9. The smallest absolute Gasteiger partial charge is 0.145 e. The minimum atomic E-state index is -0.00134. The second kappa shape index (κ2) is 11.3. The molecule has 236 valence electrons. The zero-order chi connectivity index (χ0) is 33.1. The number of pyridine rings is 4. The quantitative estimate of drug-likeness (QED) is 0.193. The summed E-state index contributed by atoms with van der Waals surface area (Å²) in [4.78, 5) is 19.3. The maximum Gasteiger partial charge on any atom is 0.145 e. The number of hydrogen-bond donors (Lipinski definition) is 0. The third kappa shape index (κ3) is 4.84. The Morgan fingerprint density at radius 2 is 1.41 bits per heavy atom. The van der Waals surface area contributed by atoms with Gasteiger partial charge in [-0.1, -0.05) is 75.4 Å². The minimum Gasteiger partial charge on any atom is -0.292 e. The van der Waals surface area contributed by atoms with Gasteiger partial charge < -0.3 is 0 Å². The molecule has 3 aromatic carbocycles. The largest absolute Gasteiger partial charge is 0.292 e. The Bertz CT molecular complexity index is 2540. The Morgan fingerprint density at radius 3 is 2.24 bits per heavy atom. The Labute approximate surface area is 285 Å². The van der Waals surface area contributed by atoms with E-state index in [0.29, 0.717) is 0 Å². The average molecular weight is 634 g/mol. The van der Waals surface area contributed by atoms with Gasteiger partial charge in [-0.15, -0.1) is 0 Å². The summed E-state index contributed by atoms with van der Waals surface area (Å²) in [7, 11) is 0. The van der Waals surface area contributed by atoms with Crippen molar-refractivity contribution in [3.8, 4) is 39.3 Å². The zero-order valence-corrected chi connectivity index (χ0v) is 27.9. The molecule has 1 aliphatic rings. The van der Waals surface area contributed by atoms with Gasteiger partial charge in [-0.2, -0.15) is 0 Å². The molecule has 49 heavy (non-hydrogen) atoms. The third-order valence-electron chi connectivity index (χ3n) is 9.76. The van der Waals surface area contributed by atoms with Crippen molar-refractivity contribution in [1.82, 2.24) is 24.5 Å². The first-order chi connectivity index (χ1) is 24.0. The highest BCUT2D eigenvalue weighted by Crippen LogP contribution is 2.45. The lowest BCUT2D eigenvalue weighted by atomic mass is 9.74.